The number of anilines is 2. The first kappa shape index (κ1) is 10.3. The second kappa shape index (κ2) is 4.11. The zero-order valence-electron chi connectivity index (χ0n) is 8.29. The second-order valence-electron chi connectivity index (χ2n) is 3.93. The maximum atomic E-state index is 11.5. The molecular formula is C11H13ClN2O. The molecule has 0 bridgehead atoms. The van der Waals surface area contributed by atoms with Gasteiger partial charge in [0, 0.05) is 12.1 Å². The molecule has 0 radical (unpaired) electrons. The lowest BCUT2D eigenvalue weighted by Crippen LogP contribution is -2.12. The van der Waals surface area contributed by atoms with E-state index in [0.29, 0.717) is 28.7 Å². The molecule has 0 aromatic heterocycles. The summed E-state index contributed by atoms with van der Waals surface area (Å²) in [5.74, 6) is 0.647. The lowest BCUT2D eigenvalue weighted by atomic mass is 10.2. The smallest absolute Gasteiger partial charge is 0.224 e. The van der Waals surface area contributed by atoms with Crippen LogP contribution in [0.1, 0.15) is 19.3 Å². The fourth-order valence-corrected chi connectivity index (χ4v) is 1.54. The molecular weight excluding hydrogens is 212 g/mol. The van der Waals surface area contributed by atoms with E-state index in [1.54, 1.807) is 18.2 Å². The van der Waals surface area contributed by atoms with Gasteiger partial charge in [-0.15, -0.1) is 0 Å². The van der Waals surface area contributed by atoms with Crippen molar-refractivity contribution in [2.75, 3.05) is 11.1 Å². The first-order valence-corrected chi connectivity index (χ1v) is 5.38. The van der Waals surface area contributed by atoms with Gasteiger partial charge in [-0.3, -0.25) is 4.79 Å². The quantitative estimate of drug-likeness (QED) is 0.776. The molecule has 1 amide bonds. The number of hydrogen-bond acceptors (Lipinski definition) is 2. The molecule has 0 unspecified atom stereocenters. The van der Waals surface area contributed by atoms with Crippen LogP contribution in [-0.2, 0) is 4.79 Å². The minimum absolute atomic E-state index is 0.0548. The average molecular weight is 225 g/mol. The van der Waals surface area contributed by atoms with E-state index >= 15 is 0 Å². The third-order valence-corrected chi connectivity index (χ3v) is 2.79. The number of benzene rings is 1. The fourth-order valence-electron chi connectivity index (χ4n) is 1.42. The maximum absolute atomic E-state index is 11.5. The van der Waals surface area contributed by atoms with Crippen LogP contribution in [0, 0.1) is 5.92 Å². The highest BCUT2D eigenvalue weighted by atomic mass is 35.5. The summed E-state index contributed by atoms with van der Waals surface area (Å²) in [6, 6.07) is 5.11. The summed E-state index contributed by atoms with van der Waals surface area (Å²) in [4.78, 5) is 11.5. The van der Waals surface area contributed by atoms with Crippen LogP contribution in [0.4, 0.5) is 11.4 Å². The summed E-state index contributed by atoms with van der Waals surface area (Å²) in [5.41, 5.74) is 6.82. The molecule has 15 heavy (non-hydrogen) atoms. The minimum Gasteiger partial charge on any atom is -0.397 e. The van der Waals surface area contributed by atoms with Crippen molar-refractivity contribution in [3.63, 3.8) is 0 Å². The summed E-state index contributed by atoms with van der Waals surface area (Å²) >= 11 is 5.77. The van der Waals surface area contributed by atoms with Crippen molar-refractivity contribution in [2.45, 2.75) is 19.3 Å². The number of nitrogen functional groups attached to an aromatic ring is 1. The monoisotopic (exact) mass is 224 g/mol. The molecule has 0 spiro atoms. The van der Waals surface area contributed by atoms with Crippen LogP contribution in [0.5, 0.6) is 0 Å². The van der Waals surface area contributed by atoms with Crippen molar-refractivity contribution < 1.29 is 4.79 Å². The van der Waals surface area contributed by atoms with Crippen LogP contribution in [0.3, 0.4) is 0 Å². The SMILES string of the molecule is Nc1cc(NC(=O)CC2CC2)ccc1Cl. The van der Waals surface area contributed by atoms with Gasteiger partial charge in [0.2, 0.25) is 5.91 Å². The molecule has 0 saturated heterocycles. The molecule has 80 valence electrons. The highest BCUT2D eigenvalue weighted by Gasteiger charge is 2.24. The predicted octanol–water partition coefficient (Wildman–Crippen LogP) is 2.66. The average Bonchev–Trinajstić information content (AvgIpc) is 2.95. The zero-order chi connectivity index (χ0) is 10.8. The Morgan fingerprint density at radius 2 is 2.27 bits per heavy atom. The van der Waals surface area contributed by atoms with E-state index < -0.39 is 0 Å². The standard InChI is InChI=1S/C11H13ClN2O/c12-9-4-3-8(6-10(9)13)14-11(15)5-7-1-2-7/h3-4,6-7H,1-2,5,13H2,(H,14,15). The minimum atomic E-state index is 0.0548. The van der Waals surface area contributed by atoms with Crippen LogP contribution in [-0.4, -0.2) is 5.91 Å². The summed E-state index contributed by atoms with van der Waals surface area (Å²) in [6.07, 6.45) is 2.97. The van der Waals surface area contributed by atoms with Crippen molar-refractivity contribution in [3.8, 4) is 0 Å². The molecule has 1 aliphatic carbocycles. The Labute approximate surface area is 93.6 Å². The van der Waals surface area contributed by atoms with E-state index in [9.17, 15) is 4.79 Å². The van der Waals surface area contributed by atoms with Crippen LogP contribution < -0.4 is 11.1 Å². The van der Waals surface area contributed by atoms with E-state index in [2.05, 4.69) is 5.32 Å². The van der Waals surface area contributed by atoms with Crippen LogP contribution >= 0.6 is 11.6 Å². The van der Waals surface area contributed by atoms with Crippen molar-refractivity contribution in [1.82, 2.24) is 0 Å². The molecule has 0 heterocycles. The molecule has 0 atom stereocenters. The van der Waals surface area contributed by atoms with Gasteiger partial charge >= 0.3 is 0 Å². The largest absolute Gasteiger partial charge is 0.397 e. The molecule has 3 nitrogen and oxygen atoms in total. The molecule has 2 rings (SSSR count). The van der Waals surface area contributed by atoms with Crippen molar-refractivity contribution in [2.24, 2.45) is 5.92 Å². The van der Waals surface area contributed by atoms with Crippen LogP contribution in [0.25, 0.3) is 0 Å². The number of carbonyl (C=O) groups excluding carboxylic acids is 1. The van der Waals surface area contributed by atoms with Gasteiger partial charge in [0.05, 0.1) is 10.7 Å². The molecule has 3 N–H and O–H groups in total. The number of carbonyl (C=O) groups is 1. The summed E-state index contributed by atoms with van der Waals surface area (Å²) in [5, 5.41) is 3.31. The van der Waals surface area contributed by atoms with Crippen LogP contribution in [0.2, 0.25) is 5.02 Å². The van der Waals surface area contributed by atoms with Crippen molar-refractivity contribution in [1.29, 1.82) is 0 Å². The van der Waals surface area contributed by atoms with Gasteiger partial charge in [-0.05, 0) is 37.0 Å². The van der Waals surface area contributed by atoms with Gasteiger partial charge in [-0.1, -0.05) is 11.6 Å². The third kappa shape index (κ3) is 2.86. The van der Waals surface area contributed by atoms with Crippen molar-refractivity contribution >= 4 is 28.9 Å². The number of amides is 1. The zero-order valence-corrected chi connectivity index (χ0v) is 9.05. The molecule has 1 saturated carbocycles. The van der Waals surface area contributed by atoms with E-state index in [4.69, 9.17) is 17.3 Å². The van der Waals surface area contributed by atoms with Crippen molar-refractivity contribution in [3.05, 3.63) is 23.2 Å². The predicted molar refractivity (Wildman–Crippen MR) is 61.8 cm³/mol. The summed E-state index contributed by atoms with van der Waals surface area (Å²) in [7, 11) is 0. The lowest BCUT2D eigenvalue weighted by molar-refractivity contribution is -0.116. The molecule has 1 fully saturated rings. The molecule has 0 aliphatic heterocycles. The van der Waals surface area contributed by atoms with Gasteiger partial charge in [-0.25, -0.2) is 0 Å². The maximum Gasteiger partial charge on any atom is 0.224 e. The lowest BCUT2D eigenvalue weighted by Gasteiger charge is -2.06. The molecule has 1 aromatic rings. The molecule has 4 heteroatoms. The Morgan fingerprint density at radius 1 is 1.53 bits per heavy atom. The Balaban J connectivity index is 1.97. The first-order chi connectivity index (χ1) is 7.15. The van der Waals surface area contributed by atoms with Gasteiger partial charge in [-0.2, -0.15) is 0 Å². The van der Waals surface area contributed by atoms with Crippen LogP contribution in [0.15, 0.2) is 18.2 Å². The van der Waals surface area contributed by atoms with Gasteiger partial charge in [0.15, 0.2) is 0 Å². The normalized spacial score (nSPS) is 15.0. The third-order valence-electron chi connectivity index (χ3n) is 2.45. The number of halogens is 1. The topological polar surface area (TPSA) is 55.1 Å². The Kier molecular flexibility index (Phi) is 2.82. The van der Waals surface area contributed by atoms with E-state index in [0.717, 1.165) is 0 Å². The van der Waals surface area contributed by atoms with E-state index in [1.807, 2.05) is 0 Å². The van der Waals surface area contributed by atoms with E-state index in [-0.39, 0.29) is 5.91 Å². The molecule has 1 aromatic carbocycles. The summed E-state index contributed by atoms with van der Waals surface area (Å²) in [6.45, 7) is 0. The van der Waals surface area contributed by atoms with Gasteiger partial charge in [0.1, 0.15) is 0 Å². The first-order valence-electron chi connectivity index (χ1n) is 5.00. The Morgan fingerprint density at radius 3 is 2.87 bits per heavy atom. The Hall–Kier alpha value is -1.22. The highest BCUT2D eigenvalue weighted by molar-refractivity contribution is 6.33. The second-order valence-corrected chi connectivity index (χ2v) is 4.34. The molecule has 1 aliphatic rings. The van der Waals surface area contributed by atoms with Gasteiger partial charge in [0.25, 0.3) is 0 Å². The summed E-state index contributed by atoms with van der Waals surface area (Å²) < 4.78 is 0. The van der Waals surface area contributed by atoms with Gasteiger partial charge < -0.3 is 11.1 Å². The number of rotatable bonds is 3. The Bertz CT molecular complexity index is 388. The highest BCUT2D eigenvalue weighted by Crippen LogP contribution is 2.32. The number of nitrogens with two attached hydrogens (primary N) is 1. The number of nitrogens with one attached hydrogen (secondary N) is 1. The fraction of sp³-hybridized carbons (Fsp3) is 0.364. The van der Waals surface area contributed by atoms with E-state index in [1.165, 1.54) is 12.8 Å². The number of hydrogen-bond donors (Lipinski definition) is 2.